The van der Waals surface area contributed by atoms with Gasteiger partial charge in [-0.25, -0.2) is 0 Å². The molecule has 0 saturated carbocycles. The summed E-state index contributed by atoms with van der Waals surface area (Å²) in [4.78, 5) is 0. The fourth-order valence-corrected chi connectivity index (χ4v) is 2.81. The third-order valence-electron chi connectivity index (χ3n) is 4.25. The van der Waals surface area contributed by atoms with E-state index in [0.717, 1.165) is 31.3 Å². The first-order valence-corrected chi connectivity index (χ1v) is 8.41. The molecule has 118 valence electrons. The lowest BCUT2D eigenvalue weighted by Crippen LogP contribution is -2.21. The van der Waals surface area contributed by atoms with Crippen LogP contribution in [-0.2, 0) is 0 Å². The third kappa shape index (κ3) is 4.37. The minimum Gasteiger partial charge on any atom is -0.493 e. The second kappa shape index (κ2) is 8.28. The van der Waals surface area contributed by atoms with Crippen LogP contribution in [0.15, 0.2) is 18.2 Å². The van der Waals surface area contributed by atoms with Gasteiger partial charge in [0.05, 0.1) is 12.6 Å². The largest absolute Gasteiger partial charge is 0.493 e. The van der Waals surface area contributed by atoms with Crippen LogP contribution in [0.5, 0.6) is 11.5 Å². The molecule has 0 aliphatic carbocycles. The van der Waals surface area contributed by atoms with E-state index >= 15 is 0 Å². The number of likely N-dealkylation sites (N-methyl/N-ethyl adjacent to an activating group) is 1. The summed E-state index contributed by atoms with van der Waals surface area (Å²) < 4.78 is 11.7. The molecule has 2 rings (SSSR count). The van der Waals surface area contributed by atoms with E-state index < -0.39 is 0 Å². The first-order chi connectivity index (χ1) is 10.3. The van der Waals surface area contributed by atoms with Gasteiger partial charge in [-0.05, 0) is 31.0 Å². The number of fused-ring (bicyclic) bond motifs is 1. The summed E-state index contributed by atoms with van der Waals surface area (Å²) in [6, 6.07) is 6.58. The minimum atomic E-state index is 0.326. The van der Waals surface area contributed by atoms with E-state index in [1.165, 1.54) is 31.2 Å². The molecule has 0 bridgehead atoms. The van der Waals surface area contributed by atoms with Gasteiger partial charge >= 0.3 is 0 Å². The van der Waals surface area contributed by atoms with Crippen molar-refractivity contribution in [3.63, 3.8) is 0 Å². The Bertz CT molecular complexity index is 433. The molecule has 0 aromatic heterocycles. The molecule has 0 amide bonds. The van der Waals surface area contributed by atoms with Crippen molar-refractivity contribution >= 4 is 0 Å². The number of hydrogen-bond donors (Lipinski definition) is 1. The molecule has 0 radical (unpaired) electrons. The lowest BCUT2D eigenvalue weighted by molar-refractivity contribution is 0.232. The van der Waals surface area contributed by atoms with Crippen LogP contribution in [0, 0.1) is 5.92 Å². The van der Waals surface area contributed by atoms with Gasteiger partial charge in [0.1, 0.15) is 18.1 Å². The van der Waals surface area contributed by atoms with Crippen molar-refractivity contribution in [3.8, 4) is 11.5 Å². The topological polar surface area (TPSA) is 30.5 Å². The van der Waals surface area contributed by atoms with Crippen LogP contribution < -0.4 is 14.8 Å². The van der Waals surface area contributed by atoms with E-state index in [0.29, 0.717) is 12.0 Å². The number of nitrogens with one attached hydrogen (secondary N) is 1. The molecule has 1 aliphatic heterocycles. The van der Waals surface area contributed by atoms with Gasteiger partial charge in [0.2, 0.25) is 0 Å². The number of ether oxygens (including phenoxy) is 2. The molecule has 1 aromatic rings. The van der Waals surface area contributed by atoms with Crippen molar-refractivity contribution in [2.75, 3.05) is 19.8 Å². The normalized spacial score (nSPS) is 18.1. The molecule has 0 saturated heterocycles. The summed E-state index contributed by atoms with van der Waals surface area (Å²) in [7, 11) is 0. The highest BCUT2D eigenvalue weighted by atomic mass is 16.5. The van der Waals surface area contributed by atoms with Gasteiger partial charge in [0.15, 0.2) is 0 Å². The molecule has 2 unspecified atom stereocenters. The van der Waals surface area contributed by atoms with Crippen LogP contribution in [0.2, 0.25) is 0 Å². The Labute approximate surface area is 129 Å². The minimum absolute atomic E-state index is 0.326. The molecule has 21 heavy (non-hydrogen) atoms. The molecule has 0 fully saturated rings. The highest BCUT2D eigenvalue weighted by Gasteiger charge is 2.23. The zero-order chi connectivity index (χ0) is 15.1. The van der Waals surface area contributed by atoms with Crippen LogP contribution in [0.25, 0.3) is 0 Å². The lowest BCUT2D eigenvalue weighted by Gasteiger charge is -2.16. The maximum absolute atomic E-state index is 5.98. The summed E-state index contributed by atoms with van der Waals surface area (Å²) in [5.74, 6) is 2.56. The molecule has 1 N–H and O–H groups in total. The second-order valence-corrected chi connectivity index (χ2v) is 5.85. The zero-order valence-electron chi connectivity index (χ0n) is 13.7. The number of unbranched alkanes of at least 4 members (excludes halogenated alkanes) is 1. The quantitative estimate of drug-likeness (QED) is 0.735. The van der Waals surface area contributed by atoms with Gasteiger partial charge in [-0.1, -0.05) is 40.0 Å². The molecule has 3 heteroatoms. The van der Waals surface area contributed by atoms with Gasteiger partial charge in [-0.15, -0.1) is 0 Å². The monoisotopic (exact) mass is 291 g/mol. The van der Waals surface area contributed by atoms with E-state index in [2.05, 4.69) is 38.2 Å². The summed E-state index contributed by atoms with van der Waals surface area (Å²) >= 11 is 0. The van der Waals surface area contributed by atoms with Crippen LogP contribution in [0.3, 0.4) is 0 Å². The van der Waals surface area contributed by atoms with Gasteiger partial charge in [-0.2, -0.15) is 0 Å². The highest BCUT2D eigenvalue weighted by Crippen LogP contribution is 2.35. The van der Waals surface area contributed by atoms with Crippen molar-refractivity contribution in [3.05, 3.63) is 23.8 Å². The van der Waals surface area contributed by atoms with Gasteiger partial charge in [0.25, 0.3) is 0 Å². The molecule has 2 atom stereocenters. The number of benzene rings is 1. The Morgan fingerprint density at radius 1 is 1.33 bits per heavy atom. The molecule has 0 spiro atoms. The van der Waals surface area contributed by atoms with Crippen molar-refractivity contribution in [1.29, 1.82) is 0 Å². The fourth-order valence-electron chi connectivity index (χ4n) is 2.81. The standard InChI is InChI=1S/C18H29NO2/c1-4-7-8-14(5-2)12-20-15-9-10-16-17(19-6-3)13-21-18(16)11-15/h9-11,14,17,19H,4-8,12-13H2,1-3H3. The predicted molar refractivity (Wildman–Crippen MR) is 87.2 cm³/mol. The number of rotatable bonds is 9. The summed E-state index contributed by atoms with van der Waals surface area (Å²) in [5.41, 5.74) is 1.25. The maximum Gasteiger partial charge on any atom is 0.127 e. The molecular formula is C18H29NO2. The smallest absolute Gasteiger partial charge is 0.127 e. The lowest BCUT2D eigenvalue weighted by atomic mass is 10.0. The van der Waals surface area contributed by atoms with E-state index in [4.69, 9.17) is 9.47 Å². The van der Waals surface area contributed by atoms with Crippen LogP contribution in [0.4, 0.5) is 0 Å². The van der Waals surface area contributed by atoms with Crippen molar-refractivity contribution in [2.24, 2.45) is 5.92 Å². The van der Waals surface area contributed by atoms with E-state index in [9.17, 15) is 0 Å². The molecule has 1 aliphatic rings. The highest BCUT2D eigenvalue weighted by molar-refractivity contribution is 5.45. The van der Waals surface area contributed by atoms with Crippen LogP contribution >= 0.6 is 0 Å². The Kier molecular flexibility index (Phi) is 6.37. The summed E-state index contributed by atoms with van der Waals surface area (Å²) in [6.45, 7) is 9.10. The second-order valence-electron chi connectivity index (χ2n) is 5.85. The fraction of sp³-hybridized carbons (Fsp3) is 0.667. The van der Waals surface area contributed by atoms with E-state index in [1.54, 1.807) is 0 Å². The van der Waals surface area contributed by atoms with Crippen molar-refractivity contribution in [1.82, 2.24) is 5.32 Å². The van der Waals surface area contributed by atoms with Crippen LogP contribution in [-0.4, -0.2) is 19.8 Å². The zero-order valence-corrected chi connectivity index (χ0v) is 13.7. The molecule has 1 heterocycles. The van der Waals surface area contributed by atoms with Crippen LogP contribution in [0.1, 0.15) is 58.1 Å². The van der Waals surface area contributed by atoms with Gasteiger partial charge in [-0.3, -0.25) is 0 Å². The third-order valence-corrected chi connectivity index (χ3v) is 4.25. The Morgan fingerprint density at radius 2 is 2.19 bits per heavy atom. The van der Waals surface area contributed by atoms with Crippen molar-refractivity contribution in [2.45, 2.75) is 52.5 Å². The maximum atomic E-state index is 5.98. The molecular weight excluding hydrogens is 262 g/mol. The first kappa shape index (κ1) is 16.2. The Balaban J connectivity index is 1.90. The average molecular weight is 291 g/mol. The Morgan fingerprint density at radius 3 is 2.90 bits per heavy atom. The summed E-state index contributed by atoms with van der Waals surface area (Å²) in [6.07, 6.45) is 5.00. The van der Waals surface area contributed by atoms with Crippen molar-refractivity contribution < 1.29 is 9.47 Å². The van der Waals surface area contributed by atoms with Gasteiger partial charge < -0.3 is 14.8 Å². The Hall–Kier alpha value is -1.22. The SMILES string of the molecule is CCCCC(CC)COc1ccc2c(c1)OCC2NCC. The van der Waals surface area contributed by atoms with Gasteiger partial charge in [0, 0.05) is 11.6 Å². The van der Waals surface area contributed by atoms with E-state index in [-0.39, 0.29) is 0 Å². The number of hydrogen-bond acceptors (Lipinski definition) is 3. The summed E-state index contributed by atoms with van der Waals surface area (Å²) in [5, 5.41) is 3.44. The molecule has 3 nitrogen and oxygen atoms in total. The molecule has 1 aromatic carbocycles. The van der Waals surface area contributed by atoms with E-state index in [1.807, 2.05) is 6.07 Å². The predicted octanol–water partition coefficient (Wildman–Crippen LogP) is 4.32. The first-order valence-electron chi connectivity index (χ1n) is 8.41. The average Bonchev–Trinajstić information content (AvgIpc) is 2.90.